The van der Waals surface area contributed by atoms with E-state index >= 15 is 0 Å². The predicted octanol–water partition coefficient (Wildman–Crippen LogP) is 3.53. The molecule has 0 radical (unpaired) electrons. The van der Waals surface area contributed by atoms with E-state index in [-0.39, 0.29) is 37.3 Å². The Bertz CT molecular complexity index is 1990. The number of methoxy groups -OCH3 is 1. The van der Waals surface area contributed by atoms with Gasteiger partial charge in [0.15, 0.2) is 23.0 Å². The first-order valence-electron chi connectivity index (χ1n) is 16.2. The van der Waals surface area contributed by atoms with E-state index in [4.69, 9.17) is 18.9 Å². The highest BCUT2D eigenvalue weighted by Gasteiger charge is 2.57. The topological polar surface area (TPSA) is 154 Å². The first-order valence-corrected chi connectivity index (χ1v) is 16.2. The number of aryl methyl sites for hydroxylation is 1. The third-order valence-corrected chi connectivity index (χ3v) is 10.9. The number of phenolic OH excluding ortho intramolecular Hbond substituents is 1. The van der Waals surface area contributed by atoms with Gasteiger partial charge >= 0.3 is 6.09 Å². The van der Waals surface area contributed by atoms with Crippen LogP contribution in [0.15, 0.2) is 30.3 Å². The molecule has 3 aromatic rings. The number of carbonyl (C=O) groups is 3. The number of piperazine rings is 1. The number of hydrogen-bond donors (Lipinski definition) is 2. The van der Waals surface area contributed by atoms with E-state index in [9.17, 15) is 24.8 Å². The summed E-state index contributed by atoms with van der Waals surface area (Å²) in [7, 11) is 4.94. The zero-order chi connectivity index (χ0) is 34.5. The fourth-order valence-electron chi connectivity index (χ4n) is 8.87. The molecule has 13 nitrogen and oxygen atoms in total. The van der Waals surface area contributed by atoms with E-state index in [1.54, 1.807) is 31.2 Å². The second-order valence-corrected chi connectivity index (χ2v) is 13.2. The Labute approximate surface area is 282 Å². The maximum absolute atomic E-state index is 13.8. The molecule has 3 amide bonds. The van der Waals surface area contributed by atoms with Gasteiger partial charge in [-0.1, -0.05) is 18.2 Å². The summed E-state index contributed by atoms with van der Waals surface area (Å²) in [5.74, 6) is 0.658. The lowest BCUT2D eigenvalue weighted by atomic mass is 9.71. The SMILES string of the molecule is CNC(=O)Oc1c(C)c2c(c3c1CC1C4c5c(cc(C)c(OC)c5O)CC(C(C#N)N1[C@H]3CN1C(=O)c3ccccc3C1=O)N4C)OCO2. The minimum Gasteiger partial charge on any atom is -0.504 e. The number of ether oxygens (including phenoxy) is 4. The largest absolute Gasteiger partial charge is 0.504 e. The zero-order valence-corrected chi connectivity index (χ0v) is 27.7. The Balaban J connectivity index is 1.38. The monoisotopic (exact) mass is 665 g/mol. The van der Waals surface area contributed by atoms with Crippen LogP contribution >= 0.6 is 0 Å². The summed E-state index contributed by atoms with van der Waals surface area (Å²) < 4.78 is 23.6. The van der Waals surface area contributed by atoms with E-state index in [0.717, 1.165) is 11.1 Å². The molecular formula is C36H35N5O8. The number of nitriles is 1. The van der Waals surface area contributed by atoms with E-state index in [0.29, 0.717) is 57.1 Å². The van der Waals surface area contributed by atoms with E-state index in [2.05, 4.69) is 21.2 Å². The molecule has 0 spiro atoms. The molecule has 2 N–H and O–H groups in total. The Hall–Kier alpha value is -5.32. The molecule has 13 heteroatoms. The highest BCUT2D eigenvalue weighted by molar-refractivity contribution is 6.21. The first-order chi connectivity index (χ1) is 23.6. The van der Waals surface area contributed by atoms with Crippen LogP contribution in [-0.4, -0.2) is 90.4 Å². The minimum absolute atomic E-state index is 0.0366. The van der Waals surface area contributed by atoms with Gasteiger partial charge in [0.2, 0.25) is 6.79 Å². The van der Waals surface area contributed by atoms with Crippen molar-refractivity contribution in [2.24, 2.45) is 0 Å². The van der Waals surface area contributed by atoms with Crippen molar-refractivity contribution >= 4 is 17.9 Å². The van der Waals surface area contributed by atoms with Crippen LogP contribution in [-0.2, 0) is 12.8 Å². The number of aromatic hydroxyl groups is 1. The molecule has 1 saturated heterocycles. The average molecular weight is 666 g/mol. The summed E-state index contributed by atoms with van der Waals surface area (Å²) in [6, 6.07) is 8.61. The maximum atomic E-state index is 13.8. The molecule has 0 aromatic heterocycles. The number of amides is 3. The van der Waals surface area contributed by atoms with Crippen molar-refractivity contribution in [3.8, 4) is 34.8 Å². The second kappa shape index (κ2) is 11.1. The van der Waals surface area contributed by atoms with Gasteiger partial charge in [-0.3, -0.25) is 24.3 Å². The zero-order valence-electron chi connectivity index (χ0n) is 27.7. The summed E-state index contributed by atoms with van der Waals surface area (Å²) in [5, 5.41) is 25.2. The van der Waals surface area contributed by atoms with Crippen molar-refractivity contribution in [3.63, 3.8) is 0 Å². The average Bonchev–Trinajstić information content (AvgIpc) is 3.67. The molecule has 8 rings (SSSR count). The fourth-order valence-corrected chi connectivity index (χ4v) is 8.87. The second-order valence-electron chi connectivity index (χ2n) is 13.2. The van der Waals surface area contributed by atoms with Gasteiger partial charge in [0, 0.05) is 47.9 Å². The molecule has 5 atom stereocenters. The normalized spacial score (nSPS) is 24.8. The molecule has 49 heavy (non-hydrogen) atoms. The highest BCUT2D eigenvalue weighted by Crippen LogP contribution is 2.58. The van der Waals surface area contributed by atoms with Crippen molar-refractivity contribution in [1.82, 2.24) is 20.0 Å². The van der Waals surface area contributed by atoms with Crippen LogP contribution in [0.2, 0.25) is 0 Å². The van der Waals surface area contributed by atoms with Crippen LogP contribution in [0.4, 0.5) is 4.79 Å². The quantitative estimate of drug-likeness (QED) is 0.394. The molecule has 252 valence electrons. The van der Waals surface area contributed by atoms with Crippen LogP contribution in [0.3, 0.4) is 0 Å². The Morgan fingerprint density at radius 3 is 2.41 bits per heavy atom. The fraction of sp³-hybridized carbons (Fsp3) is 0.389. The molecule has 0 aliphatic carbocycles. The molecule has 5 aliphatic heterocycles. The van der Waals surface area contributed by atoms with Crippen molar-refractivity contribution in [1.29, 1.82) is 5.26 Å². The number of imide groups is 1. The number of rotatable bonds is 4. The first kappa shape index (κ1) is 31.0. The summed E-state index contributed by atoms with van der Waals surface area (Å²) in [5.41, 5.74) is 4.83. The highest BCUT2D eigenvalue weighted by atomic mass is 16.7. The molecule has 2 bridgehead atoms. The lowest BCUT2D eigenvalue weighted by Gasteiger charge is -2.60. The van der Waals surface area contributed by atoms with Crippen molar-refractivity contribution in [2.45, 2.75) is 56.9 Å². The predicted molar refractivity (Wildman–Crippen MR) is 173 cm³/mol. The third-order valence-electron chi connectivity index (χ3n) is 10.9. The van der Waals surface area contributed by atoms with Gasteiger partial charge in [-0.15, -0.1) is 0 Å². The molecule has 5 heterocycles. The molecular weight excluding hydrogens is 630 g/mol. The molecule has 3 aromatic carbocycles. The molecule has 1 fully saturated rings. The standard InChI is InChI=1S/C36H35N5O8/c1-16-10-18-11-22-24(13-37)41-23(28(39(22)4)26(18)29(42)30(16)46-5)12-21-27(33-32(47-15-48-33)17(2)31(21)49-36(45)38-3)25(41)14-40-34(43)19-8-6-7-9-20(19)35(40)44/h6-10,22-25,28,42H,11-12,14-15H2,1-5H3,(H,38,45)/t22?,23?,24?,25-,28?/m0/s1. The van der Waals surface area contributed by atoms with E-state index in [1.807, 2.05) is 20.0 Å². The lowest BCUT2D eigenvalue weighted by molar-refractivity contribution is -0.0757. The van der Waals surface area contributed by atoms with Crippen LogP contribution in [0.5, 0.6) is 28.7 Å². The Kier molecular flexibility index (Phi) is 7.03. The van der Waals surface area contributed by atoms with Gasteiger partial charge < -0.3 is 29.4 Å². The number of phenols is 1. The lowest BCUT2D eigenvalue weighted by Crippen LogP contribution is -2.68. The van der Waals surface area contributed by atoms with Gasteiger partial charge in [0.25, 0.3) is 11.8 Å². The number of fused-ring (bicyclic) bond motifs is 10. The summed E-state index contributed by atoms with van der Waals surface area (Å²) in [6.07, 6.45) is 0.0816. The number of nitrogens with zero attached hydrogens (tertiary/aromatic N) is 4. The van der Waals surface area contributed by atoms with Gasteiger partial charge in [-0.25, -0.2) is 4.79 Å². The molecule has 4 unspecified atom stereocenters. The van der Waals surface area contributed by atoms with Gasteiger partial charge in [0.05, 0.1) is 36.4 Å². The minimum atomic E-state index is -0.765. The van der Waals surface area contributed by atoms with Crippen LogP contribution < -0.4 is 24.3 Å². The van der Waals surface area contributed by atoms with Crippen molar-refractivity contribution in [3.05, 3.63) is 74.8 Å². The third kappa shape index (κ3) is 4.20. The van der Waals surface area contributed by atoms with E-state index < -0.39 is 42.1 Å². The number of benzene rings is 3. The van der Waals surface area contributed by atoms with Gasteiger partial charge in [0.1, 0.15) is 11.8 Å². The van der Waals surface area contributed by atoms with Crippen molar-refractivity contribution < 1.29 is 38.4 Å². The van der Waals surface area contributed by atoms with Gasteiger partial charge in [-0.05, 0) is 57.0 Å². The molecule has 0 saturated carbocycles. The number of likely N-dealkylation sites (N-methyl/N-ethyl adjacent to an activating group) is 1. The Morgan fingerprint density at radius 1 is 1.06 bits per heavy atom. The number of carbonyl (C=O) groups excluding carboxylic acids is 3. The number of hydrogen-bond acceptors (Lipinski definition) is 11. The Morgan fingerprint density at radius 2 is 1.76 bits per heavy atom. The number of nitrogens with one attached hydrogen (secondary N) is 1. The van der Waals surface area contributed by atoms with Crippen LogP contribution in [0, 0.1) is 25.2 Å². The van der Waals surface area contributed by atoms with Gasteiger partial charge in [-0.2, -0.15) is 5.26 Å². The summed E-state index contributed by atoms with van der Waals surface area (Å²) in [4.78, 5) is 45.9. The van der Waals surface area contributed by atoms with Crippen molar-refractivity contribution in [2.75, 3.05) is 34.5 Å². The summed E-state index contributed by atoms with van der Waals surface area (Å²) in [6.45, 7) is 3.48. The van der Waals surface area contributed by atoms with E-state index in [1.165, 1.54) is 19.1 Å². The smallest absolute Gasteiger partial charge is 0.412 e. The molecule has 5 aliphatic rings. The van der Waals surface area contributed by atoms with Crippen LogP contribution in [0.25, 0.3) is 0 Å². The maximum Gasteiger partial charge on any atom is 0.412 e. The van der Waals surface area contributed by atoms with Crippen LogP contribution in [0.1, 0.15) is 66.2 Å². The summed E-state index contributed by atoms with van der Waals surface area (Å²) >= 11 is 0.